The van der Waals surface area contributed by atoms with E-state index in [1.165, 1.54) is 0 Å². The molecule has 0 saturated heterocycles. The van der Waals surface area contributed by atoms with Crippen LogP contribution < -0.4 is 5.32 Å². The topological polar surface area (TPSA) is 49.3 Å². The minimum atomic E-state index is -0.936. The van der Waals surface area contributed by atoms with E-state index in [9.17, 15) is 9.90 Å². The van der Waals surface area contributed by atoms with Gasteiger partial charge in [-0.3, -0.25) is 0 Å². The summed E-state index contributed by atoms with van der Waals surface area (Å²) in [7, 11) is 0. The van der Waals surface area contributed by atoms with Gasteiger partial charge in [0.2, 0.25) is 0 Å². The first-order valence-electron chi connectivity index (χ1n) is 6.34. The van der Waals surface area contributed by atoms with Gasteiger partial charge in [-0.05, 0) is 43.2 Å². The summed E-state index contributed by atoms with van der Waals surface area (Å²) < 4.78 is 0. The van der Waals surface area contributed by atoms with Gasteiger partial charge in [-0.2, -0.15) is 0 Å². The highest BCUT2D eigenvalue weighted by molar-refractivity contribution is 6.30. The zero-order chi connectivity index (χ0) is 14.7. The number of carbonyl (C=O) groups is 1. The van der Waals surface area contributed by atoms with Crippen molar-refractivity contribution in [3.8, 4) is 0 Å². The molecule has 0 fully saturated rings. The third kappa shape index (κ3) is 3.11. The highest BCUT2D eigenvalue weighted by Gasteiger charge is 2.14. The zero-order valence-electron chi connectivity index (χ0n) is 11.4. The van der Waals surface area contributed by atoms with Gasteiger partial charge in [0.1, 0.15) is 0 Å². The standard InChI is InChI=1S/C16H16ClNO2/c1-10-5-3-8-14(16(19)20)15(10)18-11(2)12-6-4-7-13(17)9-12/h3-9,11,18H,1-2H3,(H,19,20). The monoisotopic (exact) mass is 289 g/mol. The van der Waals surface area contributed by atoms with E-state index in [-0.39, 0.29) is 11.6 Å². The molecule has 0 saturated carbocycles. The van der Waals surface area contributed by atoms with Crippen LogP contribution in [0.1, 0.15) is 34.5 Å². The van der Waals surface area contributed by atoms with Crippen molar-refractivity contribution >= 4 is 23.3 Å². The van der Waals surface area contributed by atoms with Crippen LogP contribution in [0.3, 0.4) is 0 Å². The Kier molecular flexibility index (Phi) is 4.30. The van der Waals surface area contributed by atoms with Crippen molar-refractivity contribution in [3.63, 3.8) is 0 Å². The number of aryl methyl sites for hydroxylation is 1. The average Bonchev–Trinajstić information content (AvgIpc) is 2.40. The van der Waals surface area contributed by atoms with Crippen LogP contribution in [-0.4, -0.2) is 11.1 Å². The number of carboxylic acid groups (broad SMARTS) is 1. The molecule has 3 nitrogen and oxygen atoms in total. The molecule has 20 heavy (non-hydrogen) atoms. The van der Waals surface area contributed by atoms with Gasteiger partial charge in [-0.25, -0.2) is 4.79 Å². The van der Waals surface area contributed by atoms with Crippen LogP contribution in [-0.2, 0) is 0 Å². The van der Waals surface area contributed by atoms with Gasteiger partial charge in [-0.1, -0.05) is 35.9 Å². The first-order valence-corrected chi connectivity index (χ1v) is 6.71. The number of rotatable bonds is 4. The summed E-state index contributed by atoms with van der Waals surface area (Å²) in [6.45, 7) is 3.86. The average molecular weight is 290 g/mol. The third-order valence-electron chi connectivity index (χ3n) is 3.21. The van der Waals surface area contributed by atoms with Crippen LogP contribution in [0, 0.1) is 6.92 Å². The molecule has 0 aliphatic carbocycles. The second kappa shape index (κ2) is 5.97. The molecule has 2 rings (SSSR count). The molecule has 4 heteroatoms. The molecule has 1 atom stereocenters. The van der Waals surface area contributed by atoms with Crippen molar-refractivity contribution in [2.45, 2.75) is 19.9 Å². The fraction of sp³-hybridized carbons (Fsp3) is 0.188. The maximum atomic E-state index is 11.3. The van der Waals surface area contributed by atoms with Gasteiger partial charge in [0.05, 0.1) is 11.3 Å². The molecular formula is C16H16ClNO2. The largest absolute Gasteiger partial charge is 0.478 e. The first kappa shape index (κ1) is 14.4. The molecule has 0 amide bonds. The maximum Gasteiger partial charge on any atom is 0.337 e. The second-order valence-electron chi connectivity index (χ2n) is 4.72. The predicted molar refractivity (Wildman–Crippen MR) is 81.6 cm³/mol. The summed E-state index contributed by atoms with van der Waals surface area (Å²) in [5.41, 5.74) is 2.84. The molecular weight excluding hydrogens is 274 g/mol. The molecule has 104 valence electrons. The predicted octanol–water partition coefficient (Wildman–Crippen LogP) is 4.52. The number of para-hydroxylation sites is 1. The highest BCUT2D eigenvalue weighted by Crippen LogP contribution is 2.27. The van der Waals surface area contributed by atoms with E-state index in [0.29, 0.717) is 10.7 Å². The Labute approximate surface area is 123 Å². The first-order chi connectivity index (χ1) is 9.49. The lowest BCUT2D eigenvalue weighted by atomic mass is 10.0. The van der Waals surface area contributed by atoms with E-state index < -0.39 is 5.97 Å². The Hall–Kier alpha value is -2.00. The van der Waals surface area contributed by atoms with E-state index in [1.54, 1.807) is 12.1 Å². The van der Waals surface area contributed by atoms with Crippen molar-refractivity contribution in [2.24, 2.45) is 0 Å². The van der Waals surface area contributed by atoms with Crippen LogP contribution in [0.4, 0.5) is 5.69 Å². The number of hydrogen-bond donors (Lipinski definition) is 2. The number of aromatic carboxylic acids is 1. The maximum absolute atomic E-state index is 11.3. The van der Waals surface area contributed by atoms with Gasteiger partial charge in [0.15, 0.2) is 0 Å². The number of nitrogens with one attached hydrogen (secondary N) is 1. The second-order valence-corrected chi connectivity index (χ2v) is 5.16. The Morgan fingerprint density at radius 3 is 2.60 bits per heavy atom. The van der Waals surface area contributed by atoms with Gasteiger partial charge < -0.3 is 10.4 Å². The quantitative estimate of drug-likeness (QED) is 0.870. The van der Waals surface area contributed by atoms with E-state index in [1.807, 2.05) is 44.2 Å². The molecule has 0 heterocycles. The summed E-state index contributed by atoms with van der Waals surface area (Å²) in [5, 5.41) is 13.2. The molecule has 0 bridgehead atoms. The third-order valence-corrected chi connectivity index (χ3v) is 3.45. The number of hydrogen-bond acceptors (Lipinski definition) is 2. The number of halogens is 1. The van der Waals surface area contributed by atoms with Gasteiger partial charge in [0.25, 0.3) is 0 Å². The SMILES string of the molecule is Cc1cccc(C(=O)O)c1NC(C)c1cccc(Cl)c1. The lowest BCUT2D eigenvalue weighted by Crippen LogP contribution is -2.12. The fourth-order valence-corrected chi connectivity index (χ4v) is 2.31. The Morgan fingerprint density at radius 2 is 1.95 bits per heavy atom. The summed E-state index contributed by atoms with van der Waals surface area (Å²) in [4.78, 5) is 11.3. The molecule has 0 radical (unpaired) electrons. The molecule has 0 aliphatic rings. The number of benzene rings is 2. The van der Waals surface area contributed by atoms with Crippen LogP contribution >= 0.6 is 11.6 Å². The molecule has 2 aromatic carbocycles. The minimum absolute atomic E-state index is 0.0344. The summed E-state index contributed by atoms with van der Waals surface area (Å²) in [5.74, 6) is -0.936. The summed E-state index contributed by atoms with van der Waals surface area (Å²) >= 11 is 5.98. The smallest absolute Gasteiger partial charge is 0.337 e. The Balaban J connectivity index is 2.32. The minimum Gasteiger partial charge on any atom is -0.478 e. The van der Waals surface area contributed by atoms with Crippen molar-refractivity contribution in [1.82, 2.24) is 0 Å². The highest BCUT2D eigenvalue weighted by atomic mass is 35.5. The Morgan fingerprint density at radius 1 is 1.25 bits per heavy atom. The van der Waals surface area contributed by atoms with E-state index in [2.05, 4.69) is 5.32 Å². The van der Waals surface area contributed by atoms with Crippen molar-refractivity contribution in [3.05, 3.63) is 64.2 Å². The van der Waals surface area contributed by atoms with Gasteiger partial charge >= 0.3 is 5.97 Å². The van der Waals surface area contributed by atoms with Crippen molar-refractivity contribution in [2.75, 3.05) is 5.32 Å². The lowest BCUT2D eigenvalue weighted by molar-refractivity contribution is 0.0698. The van der Waals surface area contributed by atoms with Crippen molar-refractivity contribution in [1.29, 1.82) is 0 Å². The van der Waals surface area contributed by atoms with E-state index in [0.717, 1.165) is 11.1 Å². The lowest BCUT2D eigenvalue weighted by Gasteiger charge is -2.19. The van der Waals surface area contributed by atoms with Gasteiger partial charge in [0, 0.05) is 11.1 Å². The summed E-state index contributed by atoms with van der Waals surface area (Å²) in [6.07, 6.45) is 0. The normalized spacial score (nSPS) is 11.9. The van der Waals surface area contributed by atoms with Crippen LogP contribution in [0.15, 0.2) is 42.5 Å². The fourth-order valence-electron chi connectivity index (χ4n) is 2.11. The zero-order valence-corrected chi connectivity index (χ0v) is 12.1. The molecule has 0 aliphatic heterocycles. The molecule has 0 aromatic heterocycles. The number of anilines is 1. The van der Waals surface area contributed by atoms with Crippen LogP contribution in [0.25, 0.3) is 0 Å². The summed E-state index contributed by atoms with van der Waals surface area (Å²) in [6, 6.07) is 12.7. The molecule has 1 unspecified atom stereocenters. The Bertz CT molecular complexity index is 640. The molecule has 0 spiro atoms. The van der Waals surface area contributed by atoms with Crippen molar-refractivity contribution < 1.29 is 9.90 Å². The van der Waals surface area contributed by atoms with Crippen LogP contribution in [0.5, 0.6) is 0 Å². The van der Waals surface area contributed by atoms with Crippen LogP contribution in [0.2, 0.25) is 5.02 Å². The number of carboxylic acids is 1. The molecule has 2 N–H and O–H groups in total. The van der Waals surface area contributed by atoms with E-state index in [4.69, 9.17) is 11.6 Å². The van der Waals surface area contributed by atoms with Gasteiger partial charge in [-0.15, -0.1) is 0 Å². The molecule has 2 aromatic rings. The van der Waals surface area contributed by atoms with E-state index >= 15 is 0 Å².